The number of amides is 2. The molecular formula is C31H31NO4S2. The summed E-state index contributed by atoms with van der Waals surface area (Å²) in [6.45, 7) is 3.32. The fourth-order valence-corrected chi connectivity index (χ4v) is 6.68. The molecule has 1 saturated heterocycles. The van der Waals surface area contributed by atoms with Crippen molar-refractivity contribution in [3.05, 3.63) is 94.4 Å². The third-order valence-corrected chi connectivity index (χ3v) is 8.74. The summed E-state index contributed by atoms with van der Waals surface area (Å²) in [4.78, 5) is 23.3. The van der Waals surface area contributed by atoms with Gasteiger partial charge in [0, 0.05) is 16.7 Å². The lowest BCUT2D eigenvalue weighted by Crippen LogP contribution is -2.20. The van der Waals surface area contributed by atoms with Gasteiger partial charge in [-0.25, -0.2) is 0 Å². The lowest BCUT2D eigenvalue weighted by molar-refractivity contribution is -0.119. The number of nitrogens with one attached hydrogen (secondary N) is 1. The summed E-state index contributed by atoms with van der Waals surface area (Å²) in [7, 11) is 0. The molecular weight excluding hydrogens is 514 g/mol. The van der Waals surface area contributed by atoms with Crippen molar-refractivity contribution in [2.45, 2.75) is 44.3 Å². The Balaban J connectivity index is 1.14. The Kier molecular flexibility index (Phi) is 8.66. The lowest BCUT2D eigenvalue weighted by atomic mass is 10.0. The van der Waals surface area contributed by atoms with Gasteiger partial charge in [-0.1, -0.05) is 55.8 Å². The molecule has 196 valence electrons. The minimum Gasteiger partial charge on any atom is -0.493 e. The van der Waals surface area contributed by atoms with Gasteiger partial charge in [-0.05, 0) is 82.7 Å². The molecule has 1 aromatic heterocycles. The van der Waals surface area contributed by atoms with Crippen LogP contribution in [-0.4, -0.2) is 24.4 Å². The standard InChI is InChI=1S/C31H31NO4S2/c1-2-7-26-27(17-16-25-23(20-37-29(25)26)11-10-21-8-4-3-5-9-21)36-19-6-18-35-24-14-12-22(13-15-24)28-30(33)32-31(34)38-28/h3-5,8-9,12-17,20,28H,2,6-7,10-11,18-19H2,1H3,(H,32,33,34). The van der Waals surface area contributed by atoms with Crippen molar-refractivity contribution in [1.82, 2.24) is 5.32 Å². The van der Waals surface area contributed by atoms with Crippen LogP contribution in [0.5, 0.6) is 11.5 Å². The molecule has 0 bridgehead atoms. The highest BCUT2D eigenvalue weighted by Gasteiger charge is 2.32. The number of rotatable bonds is 12. The van der Waals surface area contributed by atoms with Crippen molar-refractivity contribution in [3.63, 3.8) is 0 Å². The van der Waals surface area contributed by atoms with Crippen LogP contribution in [0, 0.1) is 0 Å². The van der Waals surface area contributed by atoms with Gasteiger partial charge in [0.05, 0.1) is 13.2 Å². The molecule has 0 radical (unpaired) electrons. The molecule has 5 nitrogen and oxygen atoms in total. The van der Waals surface area contributed by atoms with Crippen molar-refractivity contribution in [1.29, 1.82) is 0 Å². The molecule has 2 heterocycles. The number of imide groups is 1. The molecule has 0 aliphatic carbocycles. The van der Waals surface area contributed by atoms with E-state index in [1.165, 1.54) is 26.8 Å². The highest BCUT2D eigenvalue weighted by atomic mass is 32.2. The van der Waals surface area contributed by atoms with Crippen LogP contribution < -0.4 is 14.8 Å². The number of fused-ring (bicyclic) bond motifs is 1. The summed E-state index contributed by atoms with van der Waals surface area (Å²) in [6.07, 6.45) is 4.91. The monoisotopic (exact) mass is 545 g/mol. The van der Waals surface area contributed by atoms with Gasteiger partial charge < -0.3 is 9.47 Å². The molecule has 4 aromatic rings. The first-order chi connectivity index (χ1) is 18.6. The summed E-state index contributed by atoms with van der Waals surface area (Å²) in [5.74, 6) is 1.44. The van der Waals surface area contributed by atoms with Gasteiger partial charge in [0.25, 0.3) is 5.24 Å². The van der Waals surface area contributed by atoms with Crippen LogP contribution in [0.4, 0.5) is 4.79 Å². The van der Waals surface area contributed by atoms with E-state index in [0.717, 1.165) is 60.9 Å². The second-order valence-electron chi connectivity index (χ2n) is 9.31. The third-order valence-electron chi connectivity index (χ3n) is 6.59. The molecule has 1 unspecified atom stereocenters. The predicted molar refractivity (Wildman–Crippen MR) is 156 cm³/mol. The second kappa shape index (κ2) is 12.5. The van der Waals surface area contributed by atoms with Gasteiger partial charge in [0.1, 0.15) is 16.7 Å². The van der Waals surface area contributed by atoms with Crippen molar-refractivity contribution < 1.29 is 19.1 Å². The summed E-state index contributed by atoms with van der Waals surface area (Å²) < 4.78 is 13.4. The highest BCUT2D eigenvalue weighted by molar-refractivity contribution is 8.15. The number of ether oxygens (including phenoxy) is 2. The van der Waals surface area contributed by atoms with E-state index in [4.69, 9.17) is 9.47 Å². The summed E-state index contributed by atoms with van der Waals surface area (Å²) in [5, 5.41) is 5.20. The van der Waals surface area contributed by atoms with Gasteiger partial charge in [-0.3, -0.25) is 14.9 Å². The van der Waals surface area contributed by atoms with Crippen LogP contribution in [0.2, 0.25) is 0 Å². The first-order valence-electron chi connectivity index (χ1n) is 13.1. The van der Waals surface area contributed by atoms with E-state index in [9.17, 15) is 9.59 Å². The largest absolute Gasteiger partial charge is 0.493 e. The molecule has 5 rings (SSSR count). The summed E-state index contributed by atoms with van der Waals surface area (Å²) in [5.41, 5.74) is 4.89. The molecule has 1 aliphatic rings. The number of carbonyl (C=O) groups is 2. The number of thiophene rings is 1. The average molecular weight is 546 g/mol. The van der Waals surface area contributed by atoms with Crippen molar-refractivity contribution in [3.8, 4) is 11.5 Å². The molecule has 1 atom stereocenters. The van der Waals surface area contributed by atoms with Crippen LogP contribution in [0.1, 0.15) is 47.3 Å². The van der Waals surface area contributed by atoms with Crippen molar-refractivity contribution in [2.24, 2.45) is 0 Å². The quantitative estimate of drug-likeness (QED) is 0.187. The van der Waals surface area contributed by atoms with Crippen LogP contribution in [0.15, 0.2) is 72.1 Å². The molecule has 1 N–H and O–H groups in total. The van der Waals surface area contributed by atoms with E-state index in [-0.39, 0.29) is 11.1 Å². The third kappa shape index (κ3) is 6.22. The van der Waals surface area contributed by atoms with Crippen LogP contribution in [0.3, 0.4) is 0 Å². The topological polar surface area (TPSA) is 64.6 Å². The lowest BCUT2D eigenvalue weighted by Gasteiger charge is -2.13. The van der Waals surface area contributed by atoms with E-state index in [2.05, 4.69) is 60.1 Å². The van der Waals surface area contributed by atoms with Crippen molar-refractivity contribution in [2.75, 3.05) is 13.2 Å². The van der Waals surface area contributed by atoms with E-state index in [0.29, 0.717) is 13.2 Å². The maximum absolute atomic E-state index is 11.9. The Hall–Kier alpha value is -3.29. The molecule has 2 amide bonds. The zero-order chi connectivity index (χ0) is 26.3. The van der Waals surface area contributed by atoms with Gasteiger partial charge in [-0.2, -0.15) is 0 Å². The van der Waals surface area contributed by atoms with Crippen LogP contribution >= 0.6 is 23.1 Å². The SMILES string of the molecule is CCCc1c(OCCCOc2ccc(C3SC(=O)NC3=O)cc2)ccc2c(CCc3ccccc3)csc12. The van der Waals surface area contributed by atoms with Crippen LogP contribution in [0.25, 0.3) is 10.1 Å². The molecule has 38 heavy (non-hydrogen) atoms. The van der Waals surface area contributed by atoms with Crippen LogP contribution in [-0.2, 0) is 24.1 Å². The summed E-state index contributed by atoms with van der Waals surface area (Å²) in [6, 6.07) is 22.4. The maximum Gasteiger partial charge on any atom is 0.286 e. The number of hydrogen-bond donors (Lipinski definition) is 1. The van der Waals surface area contributed by atoms with Gasteiger partial charge in [0.2, 0.25) is 5.91 Å². The molecule has 1 fully saturated rings. The Morgan fingerprint density at radius 2 is 1.66 bits per heavy atom. The first kappa shape index (κ1) is 26.3. The normalized spacial score (nSPS) is 15.1. The van der Waals surface area contributed by atoms with E-state index in [1.54, 1.807) is 0 Å². The number of aryl methyl sites for hydroxylation is 3. The Bertz CT molecular complexity index is 1400. The van der Waals surface area contributed by atoms with Gasteiger partial charge in [0.15, 0.2) is 0 Å². The molecule has 7 heteroatoms. The Morgan fingerprint density at radius 3 is 2.39 bits per heavy atom. The average Bonchev–Trinajstić information content (AvgIpc) is 3.51. The van der Waals surface area contributed by atoms with Crippen molar-refractivity contribution >= 4 is 44.3 Å². The predicted octanol–water partition coefficient (Wildman–Crippen LogP) is 7.51. The van der Waals surface area contributed by atoms with E-state index in [1.807, 2.05) is 35.6 Å². The van der Waals surface area contributed by atoms with E-state index < -0.39 is 5.25 Å². The minimum atomic E-state index is -0.483. The maximum atomic E-state index is 11.9. The highest BCUT2D eigenvalue weighted by Crippen LogP contribution is 2.37. The Labute approximate surface area is 231 Å². The number of benzene rings is 3. The second-order valence-corrected chi connectivity index (χ2v) is 11.3. The number of hydrogen-bond acceptors (Lipinski definition) is 6. The van der Waals surface area contributed by atoms with E-state index >= 15 is 0 Å². The molecule has 3 aromatic carbocycles. The molecule has 0 saturated carbocycles. The summed E-state index contributed by atoms with van der Waals surface area (Å²) >= 11 is 2.84. The number of carbonyl (C=O) groups excluding carboxylic acids is 2. The zero-order valence-corrected chi connectivity index (χ0v) is 23.0. The number of thioether (sulfide) groups is 1. The fourth-order valence-electron chi connectivity index (χ4n) is 4.68. The molecule has 0 spiro atoms. The molecule has 1 aliphatic heterocycles. The van der Waals surface area contributed by atoms with Gasteiger partial charge >= 0.3 is 0 Å². The zero-order valence-electron chi connectivity index (χ0n) is 21.4. The first-order valence-corrected chi connectivity index (χ1v) is 14.8. The fraction of sp³-hybridized carbons (Fsp3) is 0.290. The van der Waals surface area contributed by atoms with Gasteiger partial charge in [-0.15, -0.1) is 11.3 Å². The smallest absolute Gasteiger partial charge is 0.286 e. The minimum absolute atomic E-state index is 0.266. The Morgan fingerprint density at radius 1 is 0.868 bits per heavy atom.